The molecule has 3 heterocycles. The van der Waals surface area contributed by atoms with E-state index in [1.165, 1.54) is 36.9 Å². The zero-order valence-corrected chi connectivity index (χ0v) is 13.7. The SMILES string of the molecule is O=C(c1ccc(F)cc1)N1CCC2(CC1)CN(C(=O)c1cnco1)C2. The number of likely N-dealkylation sites (tertiary alicyclic amines) is 2. The van der Waals surface area contributed by atoms with Crippen LogP contribution >= 0.6 is 0 Å². The van der Waals surface area contributed by atoms with Gasteiger partial charge in [-0.3, -0.25) is 9.59 Å². The summed E-state index contributed by atoms with van der Waals surface area (Å²) in [4.78, 5) is 32.0. The van der Waals surface area contributed by atoms with Crippen molar-refractivity contribution in [2.75, 3.05) is 26.2 Å². The van der Waals surface area contributed by atoms with Crippen LogP contribution in [0.15, 0.2) is 41.3 Å². The van der Waals surface area contributed by atoms with Crippen LogP contribution in [-0.2, 0) is 0 Å². The predicted molar refractivity (Wildman–Crippen MR) is 86.4 cm³/mol. The largest absolute Gasteiger partial charge is 0.438 e. The van der Waals surface area contributed by atoms with Crippen molar-refractivity contribution in [2.45, 2.75) is 12.8 Å². The Hall–Kier alpha value is -2.70. The number of piperidine rings is 1. The molecular weight excluding hydrogens is 325 g/mol. The maximum atomic E-state index is 13.0. The van der Waals surface area contributed by atoms with Gasteiger partial charge in [-0.05, 0) is 37.1 Å². The second-order valence-corrected chi connectivity index (χ2v) is 6.83. The first-order valence-corrected chi connectivity index (χ1v) is 8.29. The molecular formula is C18H18FN3O3. The average Bonchev–Trinajstić information content (AvgIpc) is 3.14. The predicted octanol–water partition coefficient (Wildman–Crippen LogP) is 2.19. The van der Waals surface area contributed by atoms with Gasteiger partial charge < -0.3 is 14.2 Å². The number of benzene rings is 1. The summed E-state index contributed by atoms with van der Waals surface area (Å²) in [7, 11) is 0. The zero-order valence-electron chi connectivity index (χ0n) is 13.7. The lowest BCUT2D eigenvalue weighted by Crippen LogP contribution is -2.62. The molecule has 0 N–H and O–H groups in total. The fourth-order valence-electron chi connectivity index (χ4n) is 3.66. The van der Waals surface area contributed by atoms with Crippen molar-refractivity contribution in [1.29, 1.82) is 0 Å². The van der Waals surface area contributed by atoms with Gasteiger partial charge in [-0.1, -0.05) is 0 Å². The molecule has 1 aromatic carbocycles. The molecule has 4 rings (SSSR count). The Kier molecular flexibility index (Phi) is 3.78. The third-order valence-corrected chi connectivity index (χ3v) is 5.19. The van der Waals surface area contributed by atoms with Gasteiger partial charge in [-0.15, -0.1) is 0 Å². The Bertz CT molecular complexity index is 772. The highest BCUT2D eigenvalue weighted by Gasteiger charge is 2.47. The minimum Gasteiger partial charge on any atom is -0.438 e. The van der Waals surface area contributed by atoms with Crippen LogP contribution in [0.1, 0.15) is 33.8 Å². The van der Waals surface area contributed by atoms with Crippen molar-refractivity contribution in [1.82, 2.24) is 14.8 Å². The maximum Gasteiger partial charge on any atom is 0.291 e. The van der Waals surface area contributed by atoms with E-state index in [0.717, 1.165) is 12.8 Å². The fraction of sp³-hybridized carbons (Fsp3) is 0.389. The summed E-state index contributed by atoms with van der Waals surface area (Å²) in [6.07, 6.45) is 4.40. The molecule has 2 aliphatic heterocycles. The van der Waals surface area contributed by atoms with Crippen molar-refractivity contribution in [2.24, 2.45) is 5.41 Å². The van der Waals surface area contributed by atoms with Gasteiger partial charge in [0, 0.05) is 37.2 Å². The number of carbonyl (C=O) groups excluding carboxylic acids is 2. The van der Waals surface area contributed by atoms with Crippen molar-refractivity contribution in [3.8, 4) is 0 Å². The van der Waals surface area contributed by atoms with Crippen LogP contribution in [0.2, 0.25) is 0 Å². The van der Waals surface area contributed by atoms with Crippen molar-refractivity contribution >= 4 is 11.8 Å². The monoisotopic (exact) mass is 343 g/mol. The highest BCUT2D eigenvalue weighted by atomic mass is 19.1. The molecule has 2 saturated heterocycles. The van der Waals surface area contributed by atoms with Crippen LogP contribution in [0, 0.1) is 11.2 Å². The molecule has 25 heavy (non-hydrogen) atoms. The van der Waals surface area contributed by atoms with E-state index in [1.807, 2.05) is 0 Å². The number of rotatable bonds is 2. The molecule has 7 heteroatoms. The van der Waals surface area contributed by atoms with E-state index in [9.17, 15) is 14.0 Å². The van der Waals surface area contributed by atoms with Gasteiger partial charge in [0.1, 0.15) is 5.82 Å². The highest BCUT2D eigenvalue weighted by Crippen LogP contribution is 2.41. The van der Waals surface area contributed by atoms with Gasteiger partial charge in [-0.2, -0.15) is 0 Å². The molecule has 130 valence electrons. The van der Waals surface area contributed by atoms with E-state index >= 15 is 0 Å². The minimum atomic E-state index is -0.347. The van der Waals surface area contributed by atoms with Crippen LogP contribution < -0.4 is 0 Å². The number of nitrogens with zero attached hydrogens (tertiary/aromatic N) is 3. The molecule has 2 amide bonds. The smallest absolute Gasteiger partial charge is 0.291 e. The molecule has 0 aliphatic carbocycles. The summed E-state index contributed by atoms with van der Waals surface area (Å²) < 4.78 is 18.0. The molecule has 0 radical (unpaired) electrons. The lowest BCUT2D eigenvalue weighted by Gasteiger charge is -2.53. The molecule has 0 unspecified atom stereocenters. The van der Waals surface area contributed by atoms with Gasteiger partial charge >= 0.3 is 0 Å². The second-order valence-electron chi connectivity index (χ2n) is 6.83. The van der Waals surface area contributed by atoms with Gasteiger partial charge in [0.2, 0.25) is 5.76 Å². The number of oxazole rings is 1. The summed E-state index contributed by atoms with van der Waals surface area (Å²) in [6, 6.07) is 5.64. The highest BCUT2D eigenvalue weighted by molar-refractivity contribution is 5.94. The first-order valence-electron chi connectivity index (χ1n) is 8.29. The van der Waals surface area contributed by atoms with Gasteiger partial charge in [0.25, 0.3) is 11.8 Å². The van der Waals surface area contributed by atoms with Gasteiger partial charge in [0.05, 0.1) is 6.20 Å². The molecule has 2 aromatic rings. The fourth-order valence-corrected chi connectivity index (χ4v) is 3.66. The summed E-state index contributed by atoms with van der Waals surface area (Å²) >= 11 is 0. The van der Waals surface area contributed by atoms with E-state index in [0.29, 0.717) is 31.7 Å². The number of hydrogen-bond acceptors (Lipinski definition) is 4. The third-order valence-electron chi connectivity index (χ3n) is 5.19. The normalized spacial score (nSPS) is 18.9. The Morgan fingerprint density at radius 2 is 1.72 bits per heavy atom. The molecule has 0 bridgehead atoms. The summed E-state index contributed by atoms with van der Waals surface area (Å²) in [6.45, 7) is 2.68. The van der Waals surface area contributed by atoms with E-state index < -0.39 is 0 Å². The van der Waals surface area contributed by atoms with Crippen LogP contribution in [0.5, 0.6) is 0 Å². The van der Waals surface area contributed by atoms with E-state index in [1.54, 1.807) is 9.80 Å². The van der Waals surface area contributed by atoms with Crippen LogP contribution in [0.3, 0.4) is 0 Å². The van der Waals surface area contributed by atoms with Crippen LogP contribution in [-0.4, -0.2) is 52.8 Å². The average molecular weight is 343 g/mol. The van der Waals surface area contributed by atoms with E-state index in [2.05, 4.69) is 4.98 Å². The Labute approximate surface area is 144 Å². The van der Waals surface area contributed by atoms with Crippen molar-refractivity contribution in [3.05, 3.63) is 54.0 Å². The molecule has 1 spiro atoms. The van der Waals surface area contributed by atoms with Gasteiger partial charge in [-0.25, -0.2) is 9.37 Å². The Morgan fingerprint density at radius 1 is 1.04 bits per heavy atom. The number of hydrogen-bond donors (Lipinski definition) is 0. The lowest BCUT2D eigenvalue weighted by molar-refractivity contribution is -0.0301. The molecule has 0 atom stereocenters. The molecule has 6 nitrogen and oxygen atoms in total. The standard InChI is InChI=1S/C18H18FN3O3/c19-14-3-1-13(2-4-14)16(23)21-7-5-18(6-8-21)10-22(11-18)17(24)15-9-20-12-25-15/h1-4,9,12H,5-8,10-11H2. The Balaban J connectivity index is 1.33. The third kappa shape index (κ3) is 2.90. The van der Waals surface area contributed by atoms with Crippen molar-refractivity contribution in [3.63, 3.8) is 0 Å². The zero-order chi connectivity index (χ0) is 17.4. The van der Waals surface area contributed by atoms with Crippen LogP contribution in [0.4, 0.5) is 4.39 Å². The number of amides is 2. The molecule has 0 saturated carbocycles. The summed E-state index contributed by atoms with van der Waals surface area (Å²) in [5.41, 5.74) is 0.600. The number of carbonyl (C=O) groups is 2. The first kappa shape index (κ1) is 15.8. The Morgan fingerprint density at radius 3 is 2.32 bits per heavy atom. The maximum absolute atomic E-state index is 13.0. The van der Waals surface area contributed by atoms with Crippen LogP contribution in [0.25, 0.3) is 0 Å². The second kappa shape index (κ2) is 5.98. The number of halogens is 1. The number of aromatic nitrogens is 1. The molecule has 1 aromatic heterocycles. The minimum absolute atomic E-state index is 0.0660. The van der Waals surface area contributed by atoms with Crippen molar-refractivity contribution < 1.29 is 18.4 Å². The molecule has 2 aliphatic rings. The lowest BCUT2D eigenvalue weighted by atomic mass is 9.72. The van der Waals surface area contributed by atoms with Gasteiger partial charge in [0.15, 0.2) is 6.39 Å². The van der Waals surface area contributed by atoms with E-state index in [4.69, 9.17) is 4.42 Å². The summed E-state index contributed by atoms with van der Waals surface area (Å²) in [5.74, 6) is -0.282. The first-order chi connectivity index (χ1) is 12.1. The summed E-state index contributed by atoms with van der Waals surface area (Å²) in [5, 5.41) is 0. The quantitative estimate of drug-likeness (QED) is 0.838. The topological polar surface area (TPSA) is 66.7 Å². The van der Waals surface area contributed by atoms with E-state index in [-0.39, 0.29) is 28.8 Å². The molecule has 2 fully saturated rings.